The third-order valence-corrected chi connectivity index (χ3v) is 7.14. The number of hydrogen-bond acceptors (Lipinski definition) is 3. The van der Waals surface area contributed by atoms with Crippen LogP contribution in [0.5, 0.6) is 0 Å². The van der Waals surface area contributed by atoms with Crippen LogP contribution in [0.1, 0.15) is 65.4 Å². The molecule has 3 unspecified atom stereocenters. The Balaban J connectivity index is 1.61. The minimum absolute atomic E-state index is 0.227. The van der Waals surface area contributed by atoms with E-state index in [1.54, 1.807) is 0 Å². The molecule has 1 fully saturated rings. The molecule has 0 bridgehead atoms. The molecule has 1 aliphatic carbocycles. The lowest BCUT2D eigenvalue weighted by molar-refractivity contribution is -0.144. The van der Waals surface area contributed by atoms with Crippen LogP contribution in [0.3, 0.4) is 0 Å². The number of hydrogen-bond donors (Lipinski definition) is 1. The van der Waals surface area contributed by atoms with Gasteiger partial charge in [-0.25, -0.2) is 0 Å². The van der Waals surface area contributed by atoms with E-state index in [-0.39, 0.29) is 5.41 Å². The first-order chi connectivity index (χ1) is 14.5. The predicted molar refractivity (Wildman–Crippen MR) is 124 cm³/mol. The molecule has 1 aromatic carbocycles. The Labute approximate surface area is 183 Å². The molecular weight excluding hydrogens is 372 g/mol. The maximum atomic E-state index is 13.7. The van der Waals surface area contributed by atoms with Crippen LogP contribution in [0.25, 0.3) is 5.57 Å². The molecule has 1 N–H and O–H groups in total. The average molecular weight is 413 g/mol. The number of nitrogens with zero attached hydrogens (tertiary/aromatic N) is 1. The van der Waals surface area contributed by atoms with Gasteiger partial charge in [-0.05, 0) is 63.0 Å². The number of carbonyl (C=O) groups excluding carboxylic acids is 1. The van der Waals surface area contributed by atoms with Gasteiger partial charge in [0.2, 0.25) is 5.91 Å². The maximum absolute atomic E-state index is 13.7. The van der Waals surface area contributed by atoms with Crippen molar-refractivity contribution in [2.24, 2.45) is 11.3 Å². The van der Waals surface area contributed by atoms with E-state index in [0.29, 0.717) is 23.9 Å². The molecule has 166 valence electrons. The molecule has 3 atom stereocenters. The van der Waals surface area contributed by atoms with Gasteiger partial charge in [0, 0.05) is 38.4 Å². The Bertz CT molecular complexity index is 715. The summed E-state index contributed by atoms with van der Waals surface area (Å²) in [6.45, 7) is 11.9. The monoisotopic (exact) mass is 412 g/mol. The van der Waals surface area contributed by atoms with Crippen LogP contribution in [0.4, 0.5) is 0 Å². The minimum Gasteiger partial charge on any atom is -0.382 e. The first-order valence-electron chi connectivity index (χ1n) is 11.8. The van der Waals surface area contributed by atoms with Crippen molar-refractivity contribution in [3.05, 3.63) is 42.0 Å². The van der Waals surface area contributed by atoms with Gasteiger partial charge in [-0.2, -0.15) is 0 Å². The van der Waals surface area contributed by atoms with Crippen molar-refractivity contribution < 1.29 is 9.53 Å². The first kappa shape index (κ1) is 23.0. The fourth-order valence-corrected chi connectivity index (χ4v) is 5.16. The van der Waals surface area contributed by atoms with Gasteiger partial charge in [0.25, 0.3) is 0 Å². The Morgan fingerprint density at radius 3 is 2.67 bits per heavy atom. The highest BCUT2D eigenvalue weighted by Crippen LogP contribution is 2.46. The first-order valence-corrected chi connectivity index (χ1v) is 11.8. The lowest BCUT2D eigenvalue weighted by atomic mass is 9.74. The quantitative estimate of drug-likeness (QED) is 0.587. The number of carbonyl (C=O) groups is 1. The summed E-state index contributed by atoms with van der Waals surface area (Å²) >= 11 is 0. The summed E-state index contributed by atoms with van der Waals surface area (Å²) in [5.41, 5.74) is 2.43. The predicted octanol–water partition coefficient (Wildman–Crippen LogP) is 4.90. The molecule has 1 aliphatic heterocycles. The topological polar surface area (TPSA) is 41.6 Å². The molecule has 0 saturated heterocycles. The molecule has 3 rings (SSSR count). The van der Waals surface area contributed by atoms with E-state index in [1.165, 1.54) is 11.1 Å². The van der Waals surface area contributed by atoms with Crippen molar-refractivity contribution in [2.45, 2.75) is 71.9 Å². The zero-order valence-electron chi connectivity index (χ0n) is 19.3. The van der Waals surface area contributed by atoms with Crippen molar-refractivity contribution >= 4 is 11.5 Å². The molecule has 30 heavy (non-hydrogen) atoms. The largest absolute Gasteiger partial charge is 0.382 e. The number of amides is 1. The Hall–Kier alpha value is -1.65. The fourth-order valence-electron chi connectivity index (χ4n) is 5.16. The summed E-state index contributed by atoms with van der Waals surface area (Å²) < 4.78 is 5.50. The molecule has 4 nitrogen and oxygen atoms in total. The second-order valence-corrected chi connectivity index (χ2v) is 9.40. The average Bonchev–Trinajstić information content (AvgIpc) is 3.19. The fraction of sp³-hybridized carbons (Fsp3) is 0.654. The van der Waals surface area contributed by atoms with E-state index in [2.05, 4.69) is 67.4 Å². The second-order valence-electron chi connectivity index (χ2n) is 9.40. The molecule has 0 aromatic heterocycles. The SMILES string of the molecule is CCOCCC(C)NC1CCC(C(=O)N2CC=C(c3ccccc3)CC2)(C(C)C)C1. The van der Waals surface area contributed by atoms with E-state index < -0.39 is 0 Å². The Morgan fingerprint density at radius 2 is 2.03 bits per heavy atom. The van der Waals surface area contributed by atoms with Crippen LogP contribution in [-0.4, -0.2) is 49.2 Å². The number of rotatable bonds is 9. The van der Waals surface area contributed by atoms with Gasteiger partial charge < -0.3 is 15.0 Å². The molecule has 1 heterocycles. The van der Waals surface area contributed by atoms with Gasteiger partial charge in [-0.1, -0.05) is 50.3 Å². The van der Waals surface area contributed by atoms with Crippen LogP contribution < -0.4 is 5.32 Å². The van der Waals surface area contributed by atoms with Crippen molar-refractivity contribution in [3.63, 3.8) is 0 Å². The highest BCUT2D eigenvalue weighted by molar-refractivity contribution is 5.84. The molecule has 0 radical (unpaired) electrons. The van der Waals surface area contributed by atoms with Crippen molar-refractivity contribution in [2.75, 3.05) is 26.3 Å². The zero-order valence-corrected chi connectivity index (χ0v) is 19.3. The van der Waals surface area contributed by atoms with Gasteiger partial charge >= 0.3 is 0 Å². The summed E-state index contributed by atoms with van der Waals surface area (Å²) in [5, 5.41) is 3.77. The van der Waals surface area contributed by atoms with Crippen LogP contribution in [0.2, 0.25) is 0 Å². The lowest BCUT2D eigenvalue weighted by Crippen LogP contribution is -2.48. The Kier molecular flexibility index (Phi) is 8.13. The van der Waals surface area contributed by atoms with Gasteiger partial charge in [0.15, 0.2) is 0 Å². The van der Waals surface area contributed by atoms with E-state index in [9.17, 15) is 4.79 Å². The van der Waals surface area contributed by atoms with Crippen molar-refractivity contribution in [1.29, 1.82) is 0 Å². The van der Waals surface area contributed by atoms with Gasteiger partial charge in [-0.3, -0.25) is 4.79 Å². The Morgan fingerprint density at radius 1 is 1.27 bits per heavy atom. The van der Waals surface area contributed by atoms with Crippen LogP contribution in [-0.2, 0) is 9.53 Å². The maximum Gasteiger partial charge on any atom is 0.229 e. The smallest absolute Gasteiger partial charge is 0.229 e. The molecule has 1 saturated carbocycles. The minimum atomic E-state index is -0.227. The lowest BCUT2D eigenvalue weighted by Gasteiger charge is -2.39. The van der Waals surface area contributed by atoms with Crippen LogP contribution in [0, 0.1) is 11.3 Å². The van der Waals surface area contributed by atoms with E-state index in [4.69, 9.17) is 4.74 Å². The number of nitrogens with one attached hydrogen (secondary N) is 1. The van der Waals surface area contributed by atoms with Gasteiger partial charge in [0.05, 0.1) is 5.41 Å². The molecule has 4 heteroatoms. The van der Waals surface area contributed by atoms with Crippen molar-refractivity contribution in [1.82, 2.24) is 10.2 Å². The molecule has 1 amide bonds. The van der Waals surface area contributed by atoms with Crippen molar-refractivity contribution in [3.8, 4) is 0 Å². The van der Waals surface area contributed by atoms with Crippen LogP contribution >= 0.6 is 0 Å². The number of ether oxygens (including phenoxy) is 1. The molecule has 1 aromatic rings. The second kappa shape index (κ2) is 10.6. The standard InChI is InChI=1S/C26H40N2O2/c1-5-30-18-14-21(4)27-24-11-15-26(19-24,20(2)3)25(29)28-16-12-23(13-17-28)22-9-7-6-8-10-22/h6-10,12,20-21,24,27H,5,11,13-19H2,1-4H3. The summed E-state index contributed by atoms with van der Waals surface area (Å²) in [6.07, 6.45) is 7.25. The zero-order chi connectivity index (χ0) is 21.6. The van der Waals surface area contributed by atoms with Crippen LogP contribution in [0.15, 0.2) is 36.4 Å². The summed E-state index contributed by atoms with van der Waals surface area (Å²) in [6, 6.07) is 11.4. The normalized spacial score (nSPS) is 25.4. The molecule has 0 spiro atoms. The van der Waals surface area contributed by atoms with Gasteiger partial charge in [-0.15, -0.1) is 0 Å². The van der Waals surface area contributed by atoms with E-state index >= 15 is 0 Å². The third-order valence-electron chi connectivity index (χ3n) is 7.14. The van der Waals surface area contributed by atoms with E-state index in [0.717, 1.165) is 58.4 Å². The summed E-state index contributed by atoms with van der Waals surface area (Å²) in [5.74, 6) is 0.724. The molecule has 2 aliphatic rings. The summed E-state index contributed by atoms with van der Waals surface area (Å²) in [4.78, 5) is 15.8. The highest BCUT2D eigenvalue weighted by Gasteiger charge is 2.49. The molecular formula is C26H40N2O2. The number of benzene rings is 1. The highest BCUT2D eigenvalue weighted by atomic mass is 16.5. The third kappa shape index (κ3) is 5.33. The summed E-state index contributed by atoms with van der Waals surface area (Å²) in [7, 11) is 0. The van der Waals surface area contributed by atoms with E-state index in [1.807, 2.05) is 6.92 Å². The van der Waals surface area contributed by atoms with Gasteiger partial charge in [0.1, 0.15) is 0 Å².